The zero-order valence-corrected chi connectivity index (χ0v) is 10.6. The Morgan fingerprint density at radius 2 is 2.19 bits per heavy atom. The first-order valence-corrected chi connectivity index (χ1v) is 5.94. The number of hydrogen-bond acceptors (Lipinski definition) is 4. The van der Waals surface area contributed by atoms with Crippen LogP contribution >= 0.6 is 0 Å². The molecule has 0 aliphatic heterocycles. The molecule has 0 fully saturated rings. The summed E-state index contributed by atoms with van der Waals surface area (Å²) >= 11 is 0. The van der Waals surface area contributed by atoms with Crippen LogP contribution in [-0.2, 0) is 22.3 Å². The average molecular weight is 304 g/mol. The molecule has 0 bridgehead atoms. The molecule has 21 heavy (non-hydrogen) atoms. The van der Waals surface area contributed by atoms with Gasteiger partial charge < -0.3 is 10.4 Å². The van der Waals surface area contributed by atoms with Crippen molar-refractivity contribution in [3.05, 3.63) is 23.8 Å². The smallest absolute Gasteiger partial charge is 0.453 e. The van der Waals surface area contributed by atoms with Crippen LogP contribution < -0.4 is 5.32 Å². The lowest BCUT2D eigenvalue weighted by atomic mass is 10.2. The molecule has 1 heterocycles. The minimum Gasteiger partial charge on any atom is -0.478 e. The standard InChI is InChI=1S/C11H11F3N4O3/c12-11(13,14)10-15-5-18(17-10)4-8(19)16-7-2-1-6(3-7)9(20)21/h1,5,7H,2-4H2,(H,16,19)(H,20,21). The van der Waals surface area contributed by atoms with Crippen molar-refractivity contribution in [3.8, 4) is 0 Å². The van der Waals surface area contributed by atoms with Crippen LogP contribution in [0, 0.1) is 0 Å². The Bertz CT molecular complexity index is 594. The van der Waals surface area contributed by atoms with Crippen LogP contribution in [-0.4, -0.2) is 37.8 Å². The average Bonchev–Trinajstić information content (AvgIpc) is 2.97. The SMILES string of the molecule is O=C(Cn1cnc(C(F)(F)F)n1)NC1CC=C(C(=O)O)C1. The van der Waals surface area contributed by atoms with E-state index in [0.29, 0.717) is 6.42 Å². The van der Waals surface area contributed by atoms with Gasteiger partial charge in [0.05, 0.1) is 0 Å². The van der Waals surface area contributed by atoms with E-state index in [0.717, 1.165) is 11.0 Å². The molecule has 10 heteroatoms. The maximum atomic E-state index is 12.3. The number of carbonyl (C=O) groups excluding carboxylic acids is 1. The number of aliphatic carboxylic acids is 1. The highest BCUT2D eigenvalue weighted by atomic mass is 19.4. The van der Waals surface area contributed by atoms with Gasteiger partial charge in [-0.2, -0.15) is 13.2 Å². The predicted molar refractivity (Wildman–Crippen MR) is 61.9 cm³/mol. The number of amides is 1. The lowest BCUT2D eigenvalue weighted by Gasteiger charge is -2.12. The fourth-order valence-corrected chi connectivity index (χ4v) is 1.92. The number of alkyl halides is 3. The molecule has 1 amide bonds. The van der Waals surface area contributed by atoms with E-state index in [4.69, 9.17) is 5.11 Å². The second-order valence-electron chi connectivity index (χ2n) is 4.50. The molecule has 2 N–H and O–H groups in total. The van der Waals surface area contributed by atoms with Gasteiger partial charge in [0.2, 0.25) is 5.91 Å². The summed E-state index contributed by atoms with van der Waals surface area (Å²) in [4.78, 5) is 25.4. The number of nitrogens with one attached hydrogen (secondary N) is 1. The van der Waals surface area contributed by atoms with Gasteiger partial charge in [0.1, 0.15) is 12.9 Å². The van der Waals surface area contributed by atoms with Gasteiger partial charge in [0, 0.05) is 11.6 Å². The van der Waals surface area contributed by atoms with E-state index in [1.165, 1.54) is 6.08 Å². The van der Waals surface area contributed by atoms with Crippen LogP contribution in [0.15, 0.2) is 18.0 Å². The Labute approximate surface area is 116 Å². The Kier molecular flexibility index (Phi) is 3.96. The number of hydrogen-bond donors (Lipinski definition) is 2. The summed E-state index contributed by atoms with van der Waals surface area (Å²) in [6.07, 6.45) is -1.78. The predicted octanol–water partition coefficient (Wildman–Crippen LogP) is 0.586. The number of halogens is 3. The summed E-state index contributed by atoms with van der Waals surface area (Å²) in [5.74, 6) is -2.91. The molecule has 1 aromatic heterocycles. The van der Waals surface area contributed by atoms with Gasteiger partial charge in [0.25, 0.3) is 5.82 Å². The van der Waals surface area contributed by atoms with Gasteiger partial charge in [-0.05, 0) is 12.8 Å². The molecular formula is C11H11F3N4O3. The number of carbonyl (C=O) groups is 2. The number of rotatable bonds is 4. The number of aromatic nitrogens is 3. The van der Waals surface area contributed by atoms with E-state index in [2.05, 4.69) is 15.4 Å². The van der Waals surface area contributed by atoms with Crippen molar-refractivity contribution in [1.29, 1.82) is 0 Å². The third kappa shape index (κ3) is 3.80. The van der Waals surface area contributed by atoms with Crippen molar-refractivity contribution < 1.29 is 27.9 Å². The Hall–Kier alpha value is -2.39. The van der Waals surface area contributed by atoms with Crippen LogP contribution in [0.4, 0.5) is 13.2 Å². The molecule has 0 spiro atoms. The van der Waals surface area contributed by atoms with Crippen molar-refractivity contribution in [1.82, 2.24) is 20.1 Å². The summed E-state index contributed by atoms with van der Waals surface area (Å²) in [5.41, 5.74) is 0.209. The highest BCUT2D eigenvalue weighted by molar-refractivity contribution is 5.87. The van der Waals surface area contributed by atoms with Crippen molar-refractivity contribution in [2.45, 2.75) is 31.6 Å². The molecular weight excluding hydrogens is 293 g/mol. The minimum absolute atomic E-state index is 0.187. The van der Waals surface area contributed by atoms with Crippen LogP contribution in [0.5, 0.6) is 0 Å². The van der Waals surface area contributed by atoms with Crippen LogP contribution in [0.2, 0.25) is 0 Å². The third-order valence-corrected chi connectivity index (χ3v) is 2.85. The summed E-state index contributed by atoms with van der Waals surface area (Å²) in [6, 6.07) is -0.366. The molecule has 1 aliphatic rings. The first-order valence-electron chi connectivity index (χ1n) is 5.94. The second kappa shape index (κ2) is 5.54. The highest BCUT2D eigenvalue weighted by Crippen LogP contribution is 2.25. The van der Waals surface area contributed by atoms with E-state index < -0.39 is 30.4 Å². The maximum Gasteiger partial charge on any atom is 0.453 e. The van der Waals surface area contributed by atoms with E-state index in [1.807, 2.05) is 0 Å². The zero-order chi connectivity index (χ0) is 15.6. The van der Waals surface area contributed by atoms with E-state index in [9.17, 15) is 22.8 Å². The minimum atomic E-state index is -4.66. The first kappa shape index (κ1) is 15.0. The van der Waals surface area contributed by atoms with E-state index in [1.54, 1.807) is 0 Å². The molecule has 114 valence electrons. The van der Waals surface area contributed by atoms with Crippen LogP contribution in [0.25, 0.3) is 0 Å². The molecule has 1 atom stereocenters. The highest BCUT2D eigenvalue weighted by Gasteiger charge is 2.35. The fourth-order valence-electron chi connectivity index (χ4n) is 1.92. The van der Waals surface area contributed by atoms with Crippen molar-refractivity contribution >= 4 is 11.9 Å². The molecule has 0 saturated heterocycles. The summed E-state index contributed by atoms with van der Waals surface area (Å²) < 4.78 is 37.6. The number of carboxylic acids is 1. The Morgan fingerprint density at radius 3 is 2.71 bits per heavy atom. The van der Waals surface area contributed by atoms with Crippen molar-refractivity contribution in [3.63, 3.8) is 0 Å². The molecule has 1 aromatic rings. The molecule has 0 aromatic carbocycles. The van der Waals surface area contributed by atoms with Gasteiger partial charge in [0.15, 0.2) is 0 Å². The molecule has 0 saturated carbocycles. The number of carboxylic acid groups (broad SMARTS) is 1. The van der Waals surface area contributed by atoms with Gasteiger partial charge in [-0.1, -0.05) is 6.08 Å². The first-order chi connectivity index (χ1) is 9.75. The lowest BCUT2D eigenvalue weighted by Crippen LogP contribution is -2.36. The zero-order valence-electron chi connectivity index (χ0n) is 10.6. The van der Waals surface area contributed by atoms with Gasteiger partial charge in [-0.25, -0.2) is 14.5 Å². The molecule has 7 nitrogen and oxygen atoms in total. The Balaban J connectivity index is 1.86. The lowest BCUT2D eigenvalue weighted by molar-refractivity contribution is -0.145. The third-order valence-electron chi connectivity index (χ3n) is 2.85. The molecule has 1 aliphatic carbocycles. The summed E-state index contributed by atoms with van der Waals surface area (Å²) in [6.45, 7) is -0.415. The van der Waals surface area contributed by atoms with E-state index in [-0.39, 0.29) is 18.0 Å². The molecule has 1 unspecified atom stereocenters. The number of nitrogens with zero attached hydrogens (tertiary/aromatic N) is 3. The van der Waals surface area contributed by atoms with Crippen LogP contribution in [0.3, 0.4) is 0 Å². The van der Waals surface area contributed by atoms with Crippen molar-refractivity contribution in [2.75, 3.05) is 0 Å². The van der Waals surface area contributed by atoms with Gasteiger partial charge in [-0.3, -0.25) is 4.79 Å². The second-order valence-corrected chi connectivity index (χ2v) is 4.50. The topological polar surface area (TPSA) is 97.1 Å². The van der Waals surface area contributed by atoms with Crippen LogP contribution in [0.1, 0.15) is 18.7 Å². The van der Waals surface area contributed by atoms with Gasteiger partial charge >= 0.3 is 12.1 Å². The Morgan fingerprint density at radius 1 is 1.48 bits per heavy atom. The summed E-state index contributed by atoms with van der Waals surface area (Å²) in [5, 5.41) is 14.5. The maximum absolute atomic E-state index is 12.3. The van der Waals surface area contributed by atoms with Crippen molar-refractivity contribution in [2.24, 2.45) is 0 Å². The monoisotopic (exact) mass is 304 g/mol. The molecule has 0 radical (unpaired) electrons. The molecule has 2 rings (SSSR count). The quantitative estimate of drug-likeness (QED) is 0.848. The van der Waals surface area contributed by atoms with Gasteiger partial charge in [-0.15, -0.1) is 5.10 Å². The van der Waals surface area contributed by atoms with E-state index >= 15 is 0 Å². The fraction of sp³-hybridized carbons (Fsp3) is 0.455. The normalized spacial score (nSPS) is 18.4. The largest absolute Gasteiger partial charge is 0.478 e. The summed E-state index contributed by atoms with van der Waals surface area (Å²) in [7, 11) is 0.